The Balaban J connectivity index is 1.70. The van der Waals surface area contributed by atoms with E-state index in [1.165, 1.54) is 10.4 Å². The highest BCUT2D eigenvalue weighted by Crippen LogP contribution is 2.45. The van der Waals surface area contributed by atoms with Crippen molar-refractivity contribution in [3.8, 4) is 0 Å². The van der Waals surface area contributed by atoms with E-state index in [0.717, 1.165) is 11.3 Å². The number of rotatable bonds is 10. The topological polar surface area (TPSA) is 38.8 Å². The molecular formula is C36H49NO3Si2. The first kappa shape index (κ1) is 32.1. The molecule has 3 aromatic carbocycles. The Hall–Kier alpha value is -2.78. The van der Waals surface area contributed by atoms with Crippen LogP contribution in [-0.4, -0.2) is 42.8 Å². The fourth-order valence-corrected chi connectivity index (χ4v) is 11.6. The van der Waals surface area contributed by atoms with Crippen LogP contribution in [0.15, 0.2) is 97.1 Å². The van der Waals surface area contributed by atoms with Gasteiger partial charge in [-0.05, 0) is 51.6 Å². The number of hydrogen-bond donors (Lipinski definition) is 0. The smallest absolute Gasteiger partial charge is 0.261 e. The quantitative estimate of drug-likeness (QED) is 0.180. The zero-order chi connectivity index (χ0) is 30.8. The van der Waals surface area contributed by atoms with Crippen LogP contribution in [0.1, 0.15) is 53.5 Å². The Labute approximate surface area is 256 Å². The number of benzene rings is 3. The third-order valence-electron chi connectivity index (χ3n) is 9.41. The van der Waals surface area contributed by atoms with Crippen molar-refractivity contribution in [2.75, 3.05) is 25.2 Å². The van der Waals surface area contributed by atoms with Gasteiger partial charge in [-0.3, -0.25) is 4.79 Å². The summed E-state index contributed by atoms with van der Waals surface area (Å²) >= 11 is 0. The maximum atomic E-state index is 14.0. The molecule has 0 aliphatic carbocycles. The van der Waals surface area contributed by atoms with Crippen LogP contribution >= 0.6 is 0 Å². The van der Waals surface area contributed by atoms with Gasteiger partial charge >= 0.3 is 0 Å². The fraction of sp³-hybridized carbons (Fsp3) is 0.417. The highest BCUT2D eigenvalue weighted by Gasteiger charge is 2.51. The van der Waals surface area contributed by atoms with Crippen LogP contribution in [-0.2, 0) is 19.1 Å². The Morgan fingerprint density at radius 3 is 1.81 bits per heavy atom. The van der Waals surface area contributed by atoms with Gasteiger partial charge < -0.3 is 13.8 Å². The van der Waals surface area contributed by atoms with Gasteiger partial charge in [0.1, 0.15) is 0 Å². The van der Waals surface area contributed by atoms with Gasteiger partial charge in [-0.25, -0.2) is 0 Å². The Morgan fingerprint density at radius 2 is 1.29 bits per heavy atom. The summed E-state index contributed by atoms with van der Waals surface area (Å²) in [5.41, 5.74) is 1.22. The highest BCUT2D eigenvalue weighted by molar-refractivity contribution is 6.99. The molecule has 1 amide bonds. The average Bonchev–Trinajstić information content (AvgIpc) is 3.15. The van der Waals surface area contributed by atoms with Crippen LogP contribution in [0.4, 0.5) is 5.69 Å². The molecule has 42 heavy (non-hydrogen) atoms. The molecule has 224 valence electrons. The first-order chi connectivity index (χ1) is 19.7. The maximum absolute atomic E-state index is 14.0. The minimum absolute atomic E-state index is 0.0872. The molecule has 4 nitrogen and oxygen atoms in total. The number of fused-ring (bicyclic) bond motifs is 1. The van der Waals surface area contributed by atoms with Gasteiger partial charge in [-0.15, -0.1) is 0 Å². The van der Waals surface area contributed by atoms with E-state index in [-0.39, 0.29) is 16.0 Å². The molecule has 1 aliphatic rings. The van der Waals surface area contributed by atoms with Crippen molar-refractivity contribution in [1.29, 1.82) is 0 Å². The van der Waals surface area contributed by atoms with Crippen molar-refractivity contribution in [3.63, 3.8) is 0 Å². The first-order valence-corrected chi connectivity index (χ1v) is 19.9. The molecule has 1 atom stereocenters. The van der Waals surface area contributed by atoms with Crippen molar-refractivity contribution < 1.29 is 13.6 Å². The SMILES string of the molecule is CN1C(=O)C(/C=C/CO[Si](c2ccccc2)(c2ccccc2)C(C)(C)C)(CCO[Si](C)(C)C(C)(C)C)c2ccccc21. The van der Waals surface area contributed by atoms with Crippen molar-refractivity contribution in [3.05, 3.63) is 103 Å². The molecule has 0 radical (unpaired) electrons. The lowest BCUT2D eigenvalue weighted by Crippen LogP contribution is -2.66. The van der Waals surface area contributed by atoms with Gasteiger partial charge in [-0.2, -0.15) is 0 Å². The summed E-state index contributed by atoms with van der Waals surface area (Å²) in [6.07, 6.45) is 4.78. The third-order valence-corrected chi connectivity index (χ3v) is 19.0. The average molecular weight is 600 g/mol. The number of carbonyl (C=O) groups is 1. The molecule has 0 aromatic heterocycles. The van der Waals surface area contributed by atoms with Gasteiger partial charge in [-0.1, -0.05) is 133 Å². The summed E-state index contributed by atoms with van der Waals surface area (Å²) in [7, 11) is -2.78. The van der Waals surface area contributed by atoms with Gasteiger partial charge in [0.25, 0.3) is 8.32 Å². The molecule has 0 N–H and O–H groups in total. The molecule has 6 heteroatoms. The second-order valence-electron chi connectivity index (χ2n) is 14.1. The van der Waals surface area contributed by atoms with Crippen molar-refractivity contribution in [2.45, 2.75) is 76.5 Å². The fourth-order valence-electron chi connectivity index (χ4n) is 6.02. The van der Waals surface area contributed by atoms with E-state index in [1.807, 2.05) is 25.2 Å². The highest BCUT2D eigenvalue weighted by atomic mass is 28.4. The summed E-state index contributed by atoms with van der Waals surface area (Å²) in [5.74, 6) is 0.0872. The molecule has 3 aromatic rings. The van der Waals surface area contributed by atoms with Crippen molar-refractivity contribution in [2.24, 2.45) is 0 Å². The zero-order valence-electron chi connectivity index (χ0n) is 27.0. The third kappa shape index (κ3) is 5.87. The van der Waals surface area contributed by atoms with Crippen LogP contribution < -0.4 is 15.3 Å². The molecule has 1 aliphatic heterocycles. The Morgan fingerprint density at radius 1 is 0.762 bits per heavy atom. The predicted molar refractivity (Wildman–Crippen MR) is 182 cm³/mol. The minimum Gasteiger partial charge on any atom is -0.417 e. The number of amides is 1. The number of para-hydroxylation sites is 1. The van der Waals surface area contributed by atoms with E-state index in [9.17, 15) is 4.79 Å². The van der Waals surface area contributed by atoms with Gasteiger partial charge in [0.15, 0.2) is 8.32 Å². The van der Waals surface area contributed by atoms with Gasteiger partial charge in [0.05, 0.1) is 12.0 Å². The van der Waals surface area contributed by atoms with Gasteiger partial charge in [0.2, 0.25) is 5.91 Å². The summed E-state index contributed by atoms with van der Waals surface area (Å²) in [4.78, 5) is 15.8. The van der Waals surface area contributed by atoms with Crippen LogP contribution in [0.3, 0.4) is 0 Å². The van der Waals surface area contributed by atoms with Gasteiger partial charge in [0, 0.05) is 19.3 Å². The first-order valence-electron chi connectivity index (χ1n) is 15.1. The van der Waals surface area contributed by atoms with E-state index in [1.54, 1.807) is 4.90 Å². The van der Waals surface area contributed by atoms with E-state index < -0.39 is 22.0 Å². The number of anilines is 1. The molecule has 0 saturated carbocycles. The lowest BCUT2D eigenvalue weighted by Gasteiger charge is -2.42. The number of likely N-dealkylation sites (N-methyl/N-ethyl adjacent to an activating group) is 1. The number of nitrogens with zero attached hydrogens (tertiary/aromatic N) is 1. The summed E-state index contributed by atoms with van der Waals surface area (Å²) in [6, 6.07) is 29.5. The molecule has 0 saturated heterocycles. The van der Waals surface area contributed by atoms with E-state index in [2.05, 4.69) is 134 Å². The monoisotopic (exact) mass is 599 g/mol. The normalized spacial score (nSPS) is 18.1. The summed E-state index contributed by atoms with van der Waals surface area (Å²) in [6.45, 7) is 19.1. The second kappa shape index (κ2) is 12.1. The van der Waals surface area contributed by atoms with Crippen molar-refractivity contribution in [1.82, 2.24) is 0 Å². The van der Waals surface area contributed by atoms with Crippen LogP contribution in [0, 0.1) is 0 Å². The summed E-state index contributed by atoms with van der Waals surface area (Å²) < 4.78 is 13.7. The molecule has 0 spiro atoms. The molecule has 0 fully saturated rings. The molecular weight excluding hydrogens is 551 g/mol. The number of carbonyl (C=O) groups excluding carboxylic acids is 1. The maximum Gasteiger partial charge on any atom is 0.261 e. The lowest BCUT2D eigenvalue weighted by molar-refractivity contribution is -0.121. The van der Waals surface area contributed by atoms with E-state index in [0.29, 0.717) is 19.6 Å². The molecule has 1 unspecified atom stereocenters. The van der Waals surface area contributed by atoms with E-state index in [4.69, 9.17) is 8.85 Å². The minimum atomic E-state index is -2.69. The van der Waals surface area contributed by atoms with Crippen LogP contribution in [0.2, 0.25) is 23.2 Å². The molecule has 1 heterocycles. The number of hydrogen-bond acceptors (Lipinski definition) is 3. The zero-order valence-corrected chi connectivity index (χ0v) is 29.0. The Bertz CT molecular complexity index is 1350. The second-order valence-corrected chi connectivity index (χ2v) is 23.2. The van der Waals surface area contributed by atoms with Crippen LogP contribution in [0.25, 0.3) is 0 Å². The summed E-state index contributed by atoms with van der Waals surface area (Å²) in [5, 5.41) is 2.48. The van der Waals surface area contributed by atoms with E-state index >= 15 is 0 Å². The molecule has 4 rings (SSSR count). The Kier molecular flexibility index (Phi) is 9.24. The van der Waals surface area contributed by atoms with Crippen molar-refractivity contribution >= 4 is 38.6 Å². The standard InChI is InChI=1S/C36H49NO3Si2/c1-34(2,3)41(8,9)39-28-26-36(31-23-16-17-24-32(31)37(7)33(36)38)25-18-27-40-42(35(4,5)6,29-19-12-10-13-20-29)30-21-14-11-15-22-30/h10-25H,26-28H2,1-9H3/b25-18+. The predicted octanol–water partition coefficient (Wildman–Crippen LogP) is 7.45. The largest absolute Gasteiger partial charge is 0.417 e. The lowest BCUT2D eigenvalue weighted by atomic mass is 9.78. The molecule has 0 bridgehead atoms. The van der Waals surface area contributed by atoms with Crippen LogP contribution in [0.5, 0.6) is 0 Å².